The number of carbonyl (C=O) groups is 2. The highest BCUT2D eigenvalue weighted by Crippen LogP contribution is 2.25. The highest BCUT2D eigenvalue weighted by molar-refractivity contribution is 5.92. The van der Waals surface area contributed by atoms with Gasteiger partial charge in [0.15, 0.2) is 6.61 Å². The second-order valence-electron chi connectivity index (χ2n) is 6.32. The van der Waals surface area contributed by atoms with Crippen LogP contribution >= 0.6 is 0 Å². The maximum Gasteiger partial charge on any atom is 0.260 e. The van der Waals surface area contributed by atoms with Crippen molar-refractivity contribution in [2.75, 3.05) is 19.7 Å². The first-order chi connectivity index (χ1) is 12.5. The fourth-order valence-electron chi connectivity index (χ4n) is 2.96. The number of benzene rings is 2. The Balaban J connectivity index is 1.59. The smallest absolute Gasteiger partial charge is 0.260 e. The largest absolute Gasteiger partial charge is 0.484 e. The summed E-state index contributed by atoms with van der Waals surface area (Å²) in [5.74, 6) is -0.0776. The lowest BCUT2D eigenvalue weighted by Crippen LogP contribution is -2.47. The van der Waals surface area contributed by atoms with Gasteiger partial charge in [-0.25, -0.2) is 0 Å². The van der Waals surface area contributed by atoms with Crippen molar-refractivity contribution in [3.63, 3.8) is 0 Å². The molecule has 0 unspecified atom stereocenters. The van der Waals surface area contributed by atoms with Crippen molar-refractivity contribution >= 4 is 11.8 Å². The number of amides is 2. The molecule has 0 aliphatic carbocycles. The van der Waals surface area contributed by atoms with Crippen LogP contribution < -0.4 is 10.5 Å². The molecule has 1 fully saturated rings. The monoisotopic (exact) mass is 354 g/mol. The number of ether oxygens (including phenoxy) is 2. The predicted molar refractivity (Wildman–Crippen MR) is 96.8 cm³/mol. The van der Waals surface area contributed by atoms with Crippen LogP contribution in [0.2, 0.25) is 0 Å². The molecule has 2 N–H and O–H groups in total. The molecule has 2 aromatic carbocycles. The summed E-state index contributed by atoms with van der Waals surface area (Å²) in [6.07, 6.45) is -0.188. The van der Waals surface area contributed by atoms with Gasteiger partial charge in [-0.05, 0) is 36.8 Å². The van der Waals surface area contributed by atoms with E-state index in [0.717, 1.165) is 5.56 Å². The third-order valence-corrected chi connectivity index (χ3v) is 4.29. The van der Waals surface area contributed by atoms with Crippen LogP contribution in [0.1, 0.15) is 28.9 Å². The van der Waals surface area contributed by atoms with Crippen LogP contribution in [0.3, 0.4) is 0 Å². The van der Waals surface area contributed by atoms with Crippen LogP contribution in [0, 0.1) is 0 Å². The molecule has 1 aliphatic heterocycles. The molecule has 0 radical (unpaired) electrons. The topological polar surface area (TPSA) is 81.9 Å². The standard InChI is InChI=1S/C20H22N2O4/c1-14-11-22(12-18(26-14)15-5-3-2-4-6-15)19(23)13-25-17-9-7-16(8-10-17)20(21)24/h2-10,14,18H,11-13H2,1H3,(H2,21,24)/t14-,18+/m0/s1. The summed E-state index contributed by atoms with van der Waals surface area (Å²) in [6, 6.07) is 16.3. The molecule has 0 spiro atoms. The van der Waals surface area contributed by atoms with Gasteiger partial charge in [-0.2, -0.15) is 0 Å². The molecular weight excluding hydrogens is 332 g/mol. The lowest BCUT2D eigenvalue weighted by atomic mass is 10.1. The molecule has 0 saturated carbocycles. The number of morpholine rings is 1. The van der Waals surface area contributed by atoms with Gasteiger partial charge in [0.2, 0.25) is 5.91 Å². The highest BCUT2D eigenvalue weighted by Gasteiger charge is 2.29. The number of hydrogen-bond donors (Lipinski definition) is 1. The average Bonchev–Trinajstić information content (AvgIpc) is 2.66. The summed E-state index contributed by atoms with van der Waals surface area (Å²) in [6.45, 7) is 2.92. The van der Waals surface area contributed by atoms with Crippen LogP contribution in [0.25, 0.3) is 0 Å². The van der Waals surface area contributed by atoms with Gasteiger partial charge in [-0.3, -0.25) is 9.59 Å². The van der Waals surface area contributed by atoms with Crippen LogP contribution in [-0.2, 0) is 9.53 Å². The molecule has 0 bridgehead atoms. The van der Waals surface area contributed by atoms with E-state index in [1.54, 1.807) is 29.2 Å². The van der Waals surface area contributed by atoms with Crippen LogP contribution in [-0.4, -0.2) is 42.5 Å². The van der Waals surface area contributed by atoms with E-state index in [1.165, 1.54) is 0 Å². The fourth-order valence-corrected chi connectivity index (χ4v) is 2.96. The first kappa shape index (κ1) is 17.9. The number of carbonyl (C=O) groups excluding carboxylic acids is 2. The van der Waals surface area contributed by atoms with E-state index in [0.29, 0.717) is 24.4 Å². The maximum absolute atomic E-state index is 12.5. The normalized spacial score (nSPS) is 19.8. The van der Waals surface area contributed by atoms with Crippen molar-refractivity contribution in [2.24, 2.45) is 5.73 Å². The minimum Gasteiger partial charge on any atom is -0.484 e. The zero-order valence-corrected chi connectivity index (χ0v) is 14.6. The van der Waals surface area contributed by atoms with E-state index in [9.17, 15) is 9.59 Å². The van der Waals surface area contributed by atoms with Crippen molar-refractivity contribution in [1.82, 2.24) is 4.90 Å². The summed E-state index contributed by atoms with van der Waals surface area (Å²) in [4.78, 5) is 25.4. The molecule has 26 heavy (non-hydrogen) atoms. The van der Waals surface area contributed by atoms with E-state index in [-0.39, 0.29) is 24.7 Å². The van der Waals surface area contributed by atoms with Gasteiger partial charge in [-0.15, -0.1) is 0 Å². The van der Waals surface area contributed by atoms with Gasteiger partial charge in [0, 0.05) is 12.1 Å². The zero-order valence-electron chi connectivity index (χ0n) is 14.6. The van der Waals surface area contributed by atoms with Crippen molar-refractivity contribution in [2.45, 2.75) is 19.1 Å². The Kier molecular flexibility index (Phi) is 5.53. The molecule has 0 aromatic heterocycles. The van der Waals surface area contributed by atoms with Crippen molar-refractivity contribution in [1.29, 1.82) is 0 Å². The Morgan fingerprint density at radius 2 is 1.81 bits per heavy atom. The van der Waals surface area contributed by atoms with Crippen molar-refractivity contribution < 1.29 is 19.1 Å². The Hall–Kier alpha value is -2.86. The minimum atomic E-state index is -0.498. The summed E-state index contributed by atoms with van der Waals surface area (Å²) >= 11 is 0. The van der Waals surface area contributed by atoms with E-state index >= 15 is 0 Å². The lowest BCUT2D eigenvalue weighted by molar-refractivity contribution is -0.146. The van der Waals surface area contributed by atoms with E-state index in [4.69, 9.17) is 15.2 Å². The lowest BCUT2D eigenvalue weighted by Gasteiger charge is -2.37. The molecule has 1 saturated heterocycles. The van der Waals surface area contributed by atoms with Crippen LogP contribution in [0.5, 0.6) is 5.75 Å². The first-order valence-corrected chi connectivity index (χ1v) is 8.54. The van der Waals surface area contributed by atoms with Gasteiger partial charge in [-0.1, -0.05) is 30.3 Å². The van der Waals surface area contributed by atoms with Crippen LogP contribution in [0.4, 0.5) is 0 Å². The Bertz CT molecular complexity index is 761. The molecule has 3 rings (SSSR count). The molecule has 136 valence electrons. The Labute approximate surface area is 152 Å². The summed E-state index contributed by atoms with van der Waals surface area (Å²) < 4.78 is 11.5. The average molecular weight is 354 g/mol. The van der Waals surface area contributed by atoms with Gasteiger partial charge < -0.3 is 20.1 Å². The first-order valence-electron chi connectivity index (χ1n) is 8.54. The van der Waals surface area contributed by atoms with Gasteiger partial charge in [0.25, 0.3) is 5.91 Å². The molecular formula is C20H22N2O4. The van der Waals surface area contributed by atoms with Gasteiger partial charge >= 0.3 is 0 Å². The van der Waals surface area contributed by atoms with Crippen molar-refractivity contribution in [3.8, 4) is 5.75 Å². The van der Waals surface area contributed by atoms with E-state index < -0.39 is 5.91 Å². The molecule has 6 nitrogen and oxygen atoms in total. The Morgan fingerprint density at radius 1 is 1.12 bits per heavy atom. The Morgan fingerprint density at radius 3 is 2.46 bits per heavy atom. The number of nitrogens with zero attached hydrogens (tertiary/aromatic N) is 1. The number of hydrogen-bond acceptors (Lipinski definition) is 4. The molecule has 2 aromatic rings. The third-order valence-electron chi connectivity index (χ3n) is 4.29. The quantitative estimate of drug-likeness (QED) is 0.892. The van der Waals surface area contributed by atoms with Crippen LogP contribution in [0.15, 0.2) is 54.6 Å². The molecule has 2 atom stereocenters. The van der Waals surface area contributed by atoms with Gasteiger partial charge in [0.1, 0.15) is 11.9 Å². The summed E-state index contributed by atoms with van der Waals surface area (Å²) in [5.41, 5.74) is 6.66. The molecule has 1 aliphatic rings. The number of primary amides is 1. The fraction of sp³-hybridized carbons (Fsp3) is 0.300. The van der Waals surface area contributed by atoms with E-state index in [1.807, 2.05) is 37.3 Å². The summed E-state index contributed by atoms with van der Waals surface area (Å²) in [7, 11) is 0. The second kappa shape index (κ2) is 8.01. The maximum atomic E-state index is 12.5. The summed E-state index contributed by atoms with van der Waals surface area (Å²) in [5, 5.41) is 0. The SMILES string of the molecule is C[C@H]1CN(C(=O)COc2ccc(C(N)=O)cc2)C[C@H](c2ccccc2)O1. The van der Waals surface area contributed by atoms with Crippen molar-refractivity contribution in [3.05, 3.63) is 65.7 Å². The predicted octanol–water partition coefficient (Wildman–Crippen LogP) is 2.15. The minimum absolute atomic E-state index is 0.0484. The molecule has 2 amide bonds. The number of nitrogens with two attached hydrogens (primary N) is 1. The zero-order chi connectivity index (χ0) is 18.5. The van der Waals surface area contributed by atoms with E-state index in [2.05, 4.69) is 0 Å². The molecule has 1 heterocycles. The van der Waals surface area contributed by atoms with Gasteiger partial charge in [0.05, 0.1) is 12.6 Å². The second-order valence-corrected chi connectivity index (χ2v) is 6.32. The molecule has 6 heteroatoms. The third kappa shape index (κ3) is 4.40. The highest BCUT2D eigenvalue weighted by atomic mass is 16.5. The number of rotatable bonds is 5.